The van der Waals surface area contributed by atoms with Crippen molar-refractivity contribution in [1.82, 2.24) is 4.90 Å². The molecule has 0 spiro atoms. The van der Waals surface area contributed by atoms with Crippen LogP contribution in [0.2, 0.25) is 5.02 Å². The molecular weight excluding hydrogens is 469 g/mol. The minimum atomic E-state index is -4.86. The van der Waals surface area contributed by atoms with Gasteiger partial charge in [-0.1, -0.05) is 48.4 Å². The number of furan rings is 1. The summed E-state index contributed by atoms with van der Waals surface area (Å²) in [6.07, 6.45) is -1.00. The Morgan fingerprint density at radius 1 is 1.15 bits per heavy atom. The maximum Gasteiger partial charge on any atom is 0.450 e. The summed E-state index contributed by atoms with van der Waals surface area (Å²) >= 11 is 5.65. The van der Waals surface area contributed by atoms with Crippen LogP contribution in [0.3, 0.4) is 0 Å². The van der Waals surface area contributed by atoms with Gasteiger partial charge in [-0.15, -0.1) is 0 Å². The number of halogens is 4. The zero-order valence-electron chi connectivity index (χ0n) is 18.6. The van der Waals surface area contributed by atoms with Crippen molar-refractivity contribution in [2.75, 3.05) is 13.6 Å². The second-order valence-corrected chi connectivity index (χ2v) is 8.58. The number of hydrogen-bond donors (Lipinski definition) is 2. The Labute approximate surface area is 200 Å². The number of nitrogens with zero attached hydrogens (tertiary/aromatic N) is 1. The summed E-state index contributed by atoms with van der Waals surface area (Å²) in [6.45, 7) is 1.19. The van der Waals surface area contributed by atoms with E-state index in [-0.39, 0.29) is 11.8 Å². The number of likely N-dealkylation sites (tertiary alicyclic amines) is 1. The van der Waals surface area contributed by atoms with E-state index in [9.17, 15) is 18.0 Å². The number of piperidine rings is 1. The molecule has 4 rings (SSSR count). The molecule has 1 aromatic heterocycles. The summed E-state index contributed by atoms with van der Waals surface area (Å²) in [7, 11) is 2.19. The Hall–Kier alpha value is -2.81. The van der Waals surface area contributed by atoms with Gasteiger partial charge in [0, 0.05) is 22.7 Å². The van der Waals surface area contributed by atoms with E-state index < -0.39 is 23.5 Å². The molecule has 0 aliphatic carbocycles. The molecule has 2 unspecified atom stereocenters. The predicted molar refractivity (Wildman–Crippen MR) is 125 cm³/mol. The van der Waals surface area contributed by atoms with Crippen molar-refractivity contribution >= 4 is 17.6 Å². The molecule has 1 saturated heterocycles. The van der Waals surface area contributed by atoms with Crippen LogP contribution < -0.4 is 5.73 Å². The van der Waals surface area contributed by atoms with Crippen LogP contribution in [0.15, 0.2) is 65.1 Å². The van der Waals surface area contributed by atoms with Gasteiger partial charge in [0.2, 0.25) is 5.76 Å². The molecule has 34 heavy (non-hydrogen) atoms. The average Bonchev–Trinajstić information content (AvgIpc) is 3.27. The molecule has 0 amide bonds. The zero-order valence-corrected chi connectivity index (χ0v) is 19.3. The maximum atomic E-state index is 12.6. The molecule has 5 nitrogen and oxygen atoms in total. The fourth-order valence-electron chi connectivity index (χ4n) is 3.97. The number of carboxylic acids is 1. The highest BCUT2D eigenvalue weighted by atomic mass is 35.5. The van der Waals surface area contributed by atoms with Crippen LogP contribution in [0.25, 0.3) is 11.3 Å². The molecule has 1 fully saturated rings. The Balaban J connectivity index is 0.000000196. The van der Waals surface area contributed by atoms with E-state index >= 15 is 0 Å². The molecule has 9 heteroatoms. The van der Waals surface area contributed by atoms with Gasteiger partial charge in [-0.25, -0.2) is 4.79 Å². The van der Waals surface area contributed by atoms with Crippen LogP contribution >= 0.6 is 11.6 Å². The first-order valence-corrected chi connectivity index (χ1v) is 11.2. The van der Waals surface area contributed by atoms with Gasteiger partial charge in [-0.05, 0) is 62.3 Å². The van der Waals surface area contributed by atoms with Crippen molar-refractivity contribution in [3.05, 3.63) is 82.6 Å². The number of aromatic carboxylic acids is 1. The van der Waals surface area contributed by atoms with Crippen molar-refractivity contribution < 1.29 is 27.5 Å². The van der Waals surface area contributed by atoms with E-state index in [1.54, 1.807) is 0 Å². The van der Waals surface area contributed by atoms with E-state index in [4.69, 9.17) is 22.4 Å². The van der Waals surface area contributed by atoms with E-state index in [1.807, 2.05) is 6.07 Å². The lowest BCUT2D eigenvalue weighted by molar-refractivity contribution is -0.153. The number of hydrogen-bond acceptors (Lipinski definition) is 4. The first-order valence-electron chi connectivity index (χ1n) is 10.8. The largest absolute Gasteiger partial charge is 0.478 e. The van der Waals surface area contributed by atoms with Crippen LogP contribution in [0.4, 0.5) is 13.2 Å². The van der Waals surface area contributed by atoms with Crippen LogP contribution in [0.1, 0.15) is 47.0 Å². The van der Waals surface area contributed by atoms with Crippen LogP contribution in [-0.4, -0.2) is 35.6 Å². The lowest BCUT2D eigenvalue weighted by atomic mass is 9.92. The van der Waals surface area contributed by atoms with Gasteiger partial charge in [-0.2, -0.15) is 13.2 Å². The topological polar surface area (TPSA) is 79.7 Å². The summed E-state index contributed by atoms with van der Waals surface area (Å²) < 4.78 is 42.5. The van der Waals surface area contributed by atoms with Gasteiger partial charge in [0.05, 0.1) is 0 Å². The van der Waals surface area contributed by atoms with Crippen molar-refractivity contribution in [3.8, 4) is 11.3 Å². The number of nitrogens with two attached hydrogens (primary N) is 1. The van der Waals surface area contributed by atoms with Gasteiger partial charge >= 0.3 is 12.1 Å². The quantitative estimate of drug-likeness (QED) is 0.433. The second-order valence-electron chi connectivity index (χ2n) is 8.14. The Morgan fingerprint density at radius 2 is 1.79 bits per heavy atom. The summed E-state index contributed by atoms with van der Waals surface area (Å²) in [6, 6.07) is 17.8. The molecule has 3 N–H and O–H groups in total. The molecule has 182 valence electrons. The predicted octanol–water partition coefficient (Wildman–Crippen LogP) is 6.49. The fraction of sp³-hybridized carbons (Fsp3) is 0.320. The van der Waals surface area contributed by atoms with E-state index in [1.165, 1.54) is 55.6 Å². The summed E-state index contributed by atoms with van der Waals surface area (Å²) in [5.74, 6) is -3.40. The highest BCUT2D eigenvalue weighted by molar-refractivity contribution is 6.30. The van der Waals surface area contributed by atoms with Crippen molar-refractivity contribution in [3.63, 3.8) is 0 Å². The fourth-order valence-corrected chi connectivity index (χ4v) is 4.09. The van der Waals surface area contributed by atoms with Gasteiger partial charge in [0.1, 0.15) is 11.3 Å². The van der Waals surface area contributed by atoms with Gasteiger partial charge in [0.25, 0.3) is 0 Å². The minimum absolute atomic E-state index is 0.163. The Morgan fingerprint density at radius 3 is 2.32 bits per heavy atom. The van der Waals surface area contributed by atoms with Crippen LogP contribution in [0.5, 0.6) is 0 Å². The SMILES string of the molecule is CN1CCCCC1C(N)c1ccccc1.O=C(O)c1cc(-c2ccc(Cl)cc2)oc1C(F)(F)F. The number of benzene rings is 2. The molecular formula is C25H26ClF3N2O3. The number of rotatable bonds is 4. The highest BCUT2D eigenvalue weighted by Gasteiger charge is 2.40. The Bertz CT molecular complexity index is 1090. The molecule has 1 aliphatic rings. The van der Waals surface area contributed by atoms with Crippen LogP contribution in [0, 0.1) is 0 Å². The zero-order chi connectivity index (χ0) is 24.9. The standard InChI is InChI=1S/C13H20N2.C12H6ClF3O3/c1-15-10-6-5-9-12(15)13(14)11-7-3-2-4-8-11;13-7-3-1-6(2-4-7)9-5-8(11(17)18)10(19-9)12(14,15)16/h2-4,7-8,12-13H,5-6,9-10,14H2,1H3;1-5H,(H,17,18). The molecule has 2 aromatic carbocycles. The normalized spacial score (nSPS) is 17.5. The molecule has 2 atom stereocenters. The van der Waals surface area contributed by atoms with Crippen molar-refractivity contribution in [2.45, 2.75) is 37.5 Å². The minimum Gasteiger partial charge on any atom is -0.478 e. The first kappa shape index (κ1) is 25.8. The second kappa shape index (κ2) is 11.1. The molecule has 0 bridgehead atoms. The highest BCUT2D eigenvalue weighted by Crippen LogP contribution is 2.37. The monoisotopic (exact) mass is 494 g/mol. The smallest absolute Gasteiger partial charge is 0.450 e. The number of alkyl halides is 3. The molecule has 2 heterocycles. The number of carbonyl (C=O) groups is 1. The third-order valence-electron chi connectivity index (χ3n) is 5.77. The summed E-state index contributed by atoms with van der Waals surface area (Å²) in [5, 5.41) is 9.16. The lowest BCUT2D eigenvalue weighted by Gasteiger charge is -2.36. The van der Waals surface area contributed by atoms with Gasteiger partial charge in [0.15, 0.2) is 0 Å². The summed E-state index contributed by atoms with van der Waals surface area (Å²) in [5.41, 5.74) is 6.97. The average molecular weight is 495 g/mol. The van der Waals surface area contributed by atoms with Gasteiger partial charge < -0.3 is 20.2 Å². The van der Waals surface area contributed by atoms with Crippen LogP contribution in [-0.2, 0) is 6.18 Å². The summed E-state index contributed by atoms with van der Waals surface area (Å²) in [4.78, 5) is 13.2. The third-order valence-corrected chi connectivity index (χ3v) is 6.03. The van der Waals surface area contributed by atoms with Crippen molar-refractivity contribution in [2.24, 2.45) is 5.73 Å². The molecule has 1 aliphatic heterocycles. The molecule has 3 aromatic rings. The van der Waals surface area contributed by atoms with Gasteiger partial charge in [-0.3, -0.25) is 0 Å². The van der Waals surface area contributed by atoms with E-state index in [0.717, 1.165) is 6.07 Å². The maximum absolute atomic E-state index is 12.6. The number of likely N-dealkylation sites (N-methyl/N-ethyl adjacent to an activating group) is 1. The molecule has 0 saturated carbocycles. The van der Waals surface area contributed by atoms with E-state index in [0.29, 0.717) is 16.6 Å². The number of carboxylic acid groups (broad SMARTS) is 1. The molecule has 0 radical (unpaired) electrons. The lowest BCUT2D eigenvalue weighted by Crippen LogP contribution is -2.43. The van der Waals surface area contributed by atoms with E-state index in [2.05, 4.69) is 40.6 Å². The van der Waals surface area contributed by atoms with Crippen molar-refractivity contribution in [1.29, 1.82) is 0 Å². The third kappa shape index (κ3) is 6.40. The first-order chi connectivity index (χ1) is 16.1. The Kier molecular flexibility index (Phi) is 8.41.